The van der Waals surface area contributed by atoms with E-state index >= 15 is 0 Å². The first kappa shape index (κ1) is 28.8. The second-order valence-electron chi connectivity index (χ2n) is 9.11. The molecule has 2 heterocycles. The Labute approximate surface area is 237 Å². The molecule has 0 bridgehead atoms. The summed E-state index contributed by atoms with van der Waals surface area (Å²) < 4.78 is 42.3. The van der Waals surface area contributed by atoms with Gasteiger partial charge in [-0.3, -0.25) is 14.4 Å². The quantitative estimate of drug-likeness (QED) is 0.314. The van der Waals surface area contributed by atoms with E-state index in [1.807, 2.05) is 0 Å². The number of rotatable bonds is 8. The second kappa shape index (κ2) is 12.3. The van der Waals surface area contributed by atoms with Crippen molar-refractivity contribution >= 4 is 60.7 Å². The number of anilines is 2. The predicted molar refractivity (Wildman–Crippen MR) is 156 cm³/mol. The summed E-state index contributed by atoms with van der Waals surface area (Å²) in [5.74, 6) is -0.900. The smallest absolute Gasteiger partial charge is 0.261 e. The van der Waals surface area contributed by atoms with Crippen LogP contribution >= 0.6 is 23.7 Å². The van der Waals surface area contributed by atoms with Crippen LogP contribution in [0, 0.1) is 12.7 Å². The minimum atomic E-state index is -3.98. The molecule has 0 aliphatic carbocycles. The molecular formula is C27H29ClFN5O3S2. The number of nitrogens with zero attached hydrogens (tertiary/aromatic N) is 3. The molecule has 0 unspecified atom stereocenters. The van der Waals surface area contributed by atoms with Gasteiger partial charge in [-0.15, -0.1) is 12.4 Å². The number of fused-ring (bicyclic) bond motifs is 1. The number of aromatic nitrogens is 1. The molecule has 1 fully saturated rings. The van der Waals surface area contributed by atoms with Crippen LogP contribution in [0.15, 0.2) is 71.6 Å². The minimum absolute atomic E-state index is 0. The van der Waals surface area contributed by atoms with Crippen LogP contribution < -0.4 is 14.9 Å². The molecule has 1 amide bonds. The van der Waals surface area contributed by atoms with Gasteiger partial charge in [-0.1, -0.05) is 35.6 Å². The monoisotopic (exact) mass is 589 g/mol. The first-order chi connectivity index (χ1) is 18.3. The highest BCUT2D eigenvalue weighted by atomic mass is 35.5. The molecule has 12 heteroatoms. The van der Waals surface area contributed by atoms with Crippen LogP contribution in [-0.4, -0.2) is 63.5 Å². The molecule has 0 radical (unpaired) electrons. The number of hydrogen-bond donors (Lipinski definition) is 2. The Bertz CT molecular complexity index is 1560. The number of benzene rings is 3. The Morgan fingerprint density at radius 1 is 1.00 bits per heavy atom. The maximum atomic E-state index is 13.2. The third kappa shape index (κ3) is 6.67. The van der Waals surface area contributed by atoms with Gasteiger partial charge in [0.25, 0.3) is 15.9 Å². The van der Waals surface area contributed by atoms with Gasteiger partial charge >= 0.3 is 0 Å². The van der Waals surface area contributed by atoms with Crippen molar-refractivity contribution in [2.24, 2.45) is 0 Å². The highest BCUT2D eigenvalue weighted by molar-refractivity contribution is 7.92. The van der Waals surface area contributed by atoms with Gasteiger partial charge in [0, 0.05) is 39.3 Å². The zero-order valence-electron chi connectivity index (χ0n) is 21.3. The van der Waals surface area contributed by atoms with E-state index in [0.29, 0.717) is 13.1 Å². The fraction of sp³-hybridized carbons (Fsp3) is 0.259. The van der Waals surface area contributed by atoms with Crippen molar-refractivity contribution in [1.82, 2.24) is 15.2 Å². The van der Waals surface area contributed by atoms with Crippen LogP contribution in [0.2, 0.25) is 0 Å². The number of aryl methyl sites for hydroxylation is 1. The first-order valence-corrected chi connectivity index (χ1v) is 14.6. The van der Waals surface area contributed by atoms with E-state index in [1.165, 1.54) is 28.5 Å². The Hall–Kier alpha value is -3.25. The number of thiazole rings is 1. The molecule has 1 saturated heterocycles. The molecule has 8 nitrogen and oxygen atoms in total. The van der Waals surface area contributed by atoms with Gasteiger partial charge in [-0.2, -0.15) is 0 Å². The molecule has 0 atom stereocenters. The Balaban J connectivity index is 0.00000353. The lowest BCUT2D eigenvalue weighted by Gasteiger charge is -2.34. The number of halogens is 2. The number of carbonyl (C=O) groups is 1. The molecule has 4 aromatic rings. The molecule has 5 rings (SSSR count). The van der Waals surface area contributed by atoms with E-state index < -0.39 is 15.8 Å². The maximum absolute atomic E-state index is 13.2. The van der Waals surface area contributed by atoms with Crippen molar-refractivity contribution < 1.29 is 17.6 Å². The molecule has 0 spiro atoms. The zero-order valence-corrected chi connectivity index (χ0v) is 23.7. The van der Waals surface area contributed by atoms with E-state index in [-0.39, 0.29) is 34.5 Å². The van der Waals surface area contributed by atoms with Crippen LogP contribution in [0.4, 0.5) is 15.2 Å². The van der Waals surface area contributed by atoms with Gasteiger partial charge in [-0.05, 0) is 55.0 Å². The van der Waals surface area contributed by atoms with Crippen molar-refractivity contribution in [3.63, 3.8) is 0 Å². The Morgan fingerprint density at radius 3 is 2.44 bits per heavy atom. The average molecular weight is 590 g/mol. The van der Waals surface area contributed by atoms with Gasteiger partial charge in [0.15, 0.2) is 5.13 Å². The summed E-state index contributed by atoms with van der Waals surface area (Å²) in [4.78, 5) is 22.2. The summed E-state index contributed by atoms with van der Waals surface area (Å²) in [5, 5.41) is 3.94. The first-order valence-electron chi connectivity index (χ1n) is 12.3. The number of hydrogen-bond acceptors (Lipinski definition) is 7. The second-order valence-corrected chi connectivity index (χ2v) is 11.8. The van der Waals surface area contributed by atoms with Gasteiger partial charge in [-0.25, -0.2) is 17.8 Å². The summed E-state index contributed by atoms with van der Waals surface area (Å²) in [6, 6.07) is 17.2. The number of amides is 1. The number of para-hydroxylation sites is 2. The van der Waals surface area contributed by atoms with Gasteiger partial charge in [0.1, 0.15) is 5.82 Å². The normalized spacial score (nSPS) is 14.2. The summed E-state index contributed by atoms with van der Waals surface area (Å²) in [6.07, 6.45) is 0. The molecule has 0 saturated carbocycles. The third-order valence-corrected chi connectivity index (χ3v) is 8.97. The molecule has 39 heavy (non-hydrogen) atoms. The lowest BCUT2D eigenvalue weighted by molar-refractivity contribution is 0.0948. The SMILES string of the molecule is Cc1cccc2sc(N3CCN(CCNC(=O)c4ccccc4NS(=O)(=O)c4ccc(F)cc4)CC3)nc12.Cl. The molecule has 1 aliphatic heterocycles. The van der Waals surface area contributed by atoms with Crippen molar-refractivity contribution in [3.8, 4) is 0 Å². The van der Waals surface area contributed by atoms with E-state index in [2.05, 4.69) is 45.0 Å². The Morgan fingerprint density at radius 2 is 1.72 bits per heavy atom. The zero-order chi connectivity index (χ0) is 26.7. The van der Waals surface area contributed by atoms with E-state index in [1.54, 1.807) is 29.5 Å². The molecule has 2 N–H and O–H groups in total. The summed E-state index contributed by atoms with van der Waals surface area (Å²) in [6.45, 7) is 6.64. The molecule has 1 aromatic heterocycles. The summed E-state index contributed by atoms with van der Waals surface area (Å²) >= 11 is 1.72. The summed E-state index contributed by atoms with van der Waals surface area (Å²) in [7, 11) is -3.98. The fourth-order valence-electron chi connectivity index (χ4n) is 4.38. The predicted octanol–water partition coefficient (Wildman–Crippen LogP) is 4.52. The highest BCUT2D eigenvalue weighted by Crippen LogP contribution is 2.31. The van der Waals surface area contributed by atoms with Crippen LogP contribution in [0.25, 0.3) is 10.2 Å². The largest absolute Gasteiger partial charge is 0.351 e. The molecule has 206 valence electrons. The maximum Gasteiger partial charge on any atom is 0.261 e. The van der Waals surface area contributed by atoms with Gasteiger partial charge in [0.05, 0.1) is 26.4 Å². The fourth-order valence-corrected chi connectivity index (χ4v) is 6.56. The Kier molecular flexibility index (Phi) is 9.06. The van der Waals surface area contributed by atoms with Crippen molar-refractivity contribution in [2.45, 2.75) is 11.8 Å². The number of sulfonamides is 1. The van der Waals surface area contributed by atoms with E-state index in [0.717, 1.165) is 49.0 Å². The number of piperazine rings is 1. The van der Waals surface area contributed by atoms with Crippen LogP contribution in [-0.2, 0) is 10.0 Å². The lowest BCUT2D eigenvalue weighted by atomic mass is 10.1. The minimum Gasteiger partial charge on any atom is -0.351 e. The lowest BCUT2D eigenvalue weighted by Crippen LogP contribution is -2.48. The van der Waals surface area contributed by atoms with Crippen molar-refractivity contribution in [2.75, 3.05) is 48.9 Å². The summed E-state index contributed by atoms with van der Waals surface area (Å²) in [5.41, 5.74) is 2.63. The van der Waals surface area contributed by atoms with Crippen LogP contribution in [0.1, 0.15) is 15.9 Å². The topological polar surface area (TPSA) is 94.6 Å². The van der Waals surface area contributed by atoms with Crippen LogP contribution in [0.3, 0.4) is 0 Å². The molecular weight excluding hydrogens is 561 g/mol. The molecule has 3 aromatic carbocycles. The average Bonchev–Trinajstić information content (AvgIpc) is 3.35. The van der Waals surface area contributed by atoms with Crippen molar-refractivity contribution in [3.05, 3.63) is 83.7 Å². The highest BCUT2D eigenvalue weighted by Gasteiger charge is 2.21. The van der Waals surface area contributed by atoms with E-state index in [9.17, 15) is 17.6 Å². The van der Waals surface area contributed by atoms with Crippen molar-refractivity contribution in [1.29, 1.82) is 0 Å². The third-order valence-electron chi connectivity index (χ3n) is 6.51. The number of carbonyl (C=O) groups excluding carboxylic acids is 1. The van der Waals surface area contributed by atoms with Gasteiger partial charge < -0.3 is 10.2 Å². The number of nitrogens with one attached hydrogen (secondary N) is 2. The van der Waals surface area contributed by atoms with E-state index in [4.69, 9.17) is 4.98 Å². The standard InChI is InChI=1S/C27H28FN5O3S2.ClH/c1-19-5-4-8-24-25(19)30-27(37-24)33-17-15-32(16-18-33)14-13-29-26(34)22-6-2-3-7-23(22)31-38(35,36)21-11-9-20(28)10-12-21;/h2-12,31H,13-18H2,1H3,(H,29,34);1H. The van der Waals surface area contributed by atoms with Crippen LogP contribution in [0.5, 0.6) is 0 Å². The van der Waals surface area contributed by atoms with Gasteiger partial charge in [0.2, 0.25) is 0 Å². The molecule has 1 aliphatic rings.